The first-order chi connectivity index (χ1) is 9.06. The number of carboxylic acids is 1. The molecule has 0 fully saturated rings. The van der Waals surface area contributed by atoms with E-state index in [9.17, 15) is 14.7 Å². The van der Waals surface area contributed by atoms with Crippen molar-refractivity contribution in [2.75, 3.05) is 19.8 Å². The molecule has 19 heavy (non-hydrogen) atoms. The minimum absolute atomic E-state index is 0.222. The van der Waals surface area contributed by atoms with Crippen LogP contribution in [0.3, 0.4) is 0 Å². The maximum atomic E-state index is 11.9. The summed E-state index contributed by atoms with van der Waals surface area (Å²) < 4.78 is 9.73. The van der Waals surface area contributed by atoms with Gasteiger partial charge in [0.2, 0.25) is 0 Å². The van der Waals surface area contributed by atoms with E-state index in [1.165, 1.54) is 12.3 Å². The number of aliphatic hydroxyl groups is 2. The normalized spacial score (nSPS) is 13.8. The number of ether oxygens (including phenoxy) is 1. The highest BCUT2D eigenvalue weighted by Crippen LogP contribution is 2.30. The Morgan fingerprint density at radius 3 is 2.53 bits per heavy atom. The van der Waals surface area contributed by atoms with E-state index in [0.717, 1.165) is 0 Å². The third-order valence-electron chi connectivity index (χ3n) is 2.72. The molecule has 0 aromatic carbocycles. The summed E-state index contributed by atoms with van der Waals surface area (Å²) in [5.74, 6) is -2.10. The van der Waals surface area contributed by atoms with Crippen LogP contribution in [0.2, 0.25) is 0 Å². The van der Waals surface area contributed by atoms with E-state index < -0.39 is 30.6 Å². The molecule has 1 rings (SSSR count). The van der Waals surface area contributed by atoms with Crippen molar-refractivity contribution in [2.45, 2.75) is 12.8 Å². The first-order valence-electron chi connectivity index (χ1n) is 5.71. The second-order valence-electron chi connectivity index (χ2n) is 3.98. The first-order valence-corrected chi connectivity index (χ1v) is 5.71. The van der Waals surface area contributed by atoms with E-state index in [1.54, 1.807) is 6.07 Å². The topological polar surface area (TPSA) is 117 Å². The molecule has 0 aliphatic carbocycles. The summed E-state index contributed by atoms with van der Waals surface area (Å²) in [5.41, 5.74) is -1.91. The van der Waals surface area contributed by atoms with Gasteiger partial charge < -0.3 is 24.5 Å². The van der Waals surface area contributed by atoms with Crippen LogP contribution >= 0.6 is 0 Å². The number of hydrogen-bond donors (Lipinski definition) is 3. The second-order valence-corrected chi connectivity index (χ2v) is 3.98. The van der Waals surface area contributed by atoms with Gasteiger partial charge in [0.15, 0.2) is 5.41 Å². The van der Waals surface area contributed by atoms with Crippen molar-refractivity contribution < 1.29 is 34.1 Å². The number of carbonyl (C=O) groups excluding carboxylic acids is 1. The lowest BCUT2D eigenvalue weighted by Gasteiger charge is -2.25. The lowest BCUT2D eigenvalue weighted by atomic mass is 9.80. The molecule has 0 aliphatic rings. The largest absolute Gasteiger partial charge is 0.480 e. The van der Waals surface area contributed by atoms with Gasteiger partial charge in [-0.05, 0) is 18.6 Å². The molecule has 0 saturated heterocycles. The molecule has 0 amide bonds. The van der Waals surface area contributed by atoms with Crippen molar-refractivity contribution >= 4 is 11.9 Å². The predicted octanol–water partition coefficient (Wildman–Crippen LogP) is -0.189. The van der Waals surface area contributed by atoms with Crippen LogP contribution in [0.5, 0.6) is 0 Å². The van der Waals surface area contributed by atoms with Crippen molar-refractivity contribution in [3.63, 3.8) is 0 Å². The molecular weight excluding hydrogens is 256 g/mol. The molecule has 1 heterocycles. The summed E-state index contributed by atoms with van der Waals surface area (Å²) in [6.07, 6.45) is 0.841. The van der Waals surface area contributed by atoms with Crippen molar-refractivity contribution in [2.24, 2.45) is 5.41 Å². The molecule has 0 saturated carbocycles. The number of hydrogen-bond acceptors (Lipinski definition) is 6. The van der Waals surface area contributed by atoms with Crippen LogP contribution in [-0.4, -0.2) is 47.1 Å². The monoisotopic (exact) mass is 272 g/mol. The van der Waals surface area contributed by atoms with Crippen LogP contribution in [-0.2, 0) is 20.7 Å². The Hall–Kier alpha value is -1.86. The Kier molecular flexibility index (Phi) is 5.53. The van der Waals surface area contributed by atoms with Crippen LogP contribution in [0.25, 0.3) is 0 Å². The molecule has 0 bridgehead atoms. The van der Waals surface area contributed by atoms with Gasteiger partial charge in [-0.25, -0.2) is 0 Å². The van der Waals surface area contributed by atoms with E-state index in [4.69, 9.17) is 19.4 Å². The second kappa shape index (κ2) is 6.91. The van der Waals surface area contributed by atoms with Gasteiger partial charge in [-0.2, -0.15) is 0 Å². The zero-order chi connectivity index (χ0) is 14.3. The SMILES string of the molecule is O=C(O)C(CCO)(Cc1ccco1)C(=O)OCCO. The Morgan fingerprint density at radius 2 is 2.05 bits per heavy atom. The lowest BCUT2D eigenvalue weighted by molar-refractivity contribution is -0.171. The summed E-state index contributed by atoms with van der Waals surface area (Å²) in [6, 6.07) is 3.11. The smallest absolute Gasteiger partial charge is 0.324 e. The Morgan fingerprint density at radius 1 is 1.32 bits per heavy atom. The van der Waals surface area contributed by atoms with Crippen LogP contribution in [0.4, 0.5) is 0 Å². The van der Waals surface area contributed by atoms with Gasteiger partial charge in [-0.3, -0.25) is 9.59 Å². The third-order valence-corrected chi connectivity index (χ3v) is 2.72. The maximum absolute atomic E-state index is 11.9. The maximum Gasteiger partial charge on any atom is 0.324 e. The van der Waals surface area contributed by atoms with E-state index in [1.807, 2.05) is 0 Å². The van der Waals surface area contributed by atoms with Gasteiger partial charge in [0.05, 0.1) is 12.9 Å². The summed E-state index contributed by atoms with van der Waals surface area (Å²) in [5, 5.41) is 26.9. The van der Waals surface area contributed by atoms with Crippen LogP contribution in [0, 0.1) is 5.41 Å². The minimum Gasteiger partial charge on any atom is -0.480 e. The first kappa shape index (κ1) is 15.2. The molecule has 0 aliphatic heterocycles. The molecule has 7 nitrogen and oxygen atoms in total. The predicted molar refractivity (Wildman–Crippen MR) is 62.2 cm³/mol. The Labute approximate surface area is 109 Å². The fourth-order valence-electron chi connectivity index (χ4n) is 1.71. The van der Waals surface area contributed by atoms with E-state index in [-0.39, 0.29) is 19.4 Å². The van der Waals surface area contributed by atoms with Gasteiger partial charge in [0, 0.05) is 13.0 Å². The molecule has 1 aromatic rings. The summed E-state index contributed by atoms with van der Waals surface area (Å²) in [4.78, 5) is 23.3. The Bertz CT molecular complexity index is 412. The molecule has 1 aromatic heterocycles. The highest BCUT2D eigenvalue weighted by molar-refractivity contribution is 5.99. The van der Waals surface area contributed by atoms with Crippen molar-refractivity contribution in [1.29, 1.82) is 0 Å². The molecule has 0 spiro atoms. The fourth-order valence-corrected chi connectivity index (χ4v) is 1.71. The fraction of sp³-hybridized carbons (Fsp3) is 0.500. The summed E-state index contributed by atoms with van der Waals surface area (Å²) in [7, 11) is 0. The zero-order valence-corrected chi connectivity index (χ0v) is 10.2. The van der Waals surface area contributed by atoms with E-state index in [2.05, 4.69) is 0 Å². The zero-order valence-electron chi connectivity index (χ0n) is 10.2. The number of aliphatic hydroxyl groups excluding tert-OH is 2. The number of carbonyl (C=O) groups is 2. The van der Waals surface area contributed by atoms with Gasteiger partial charge in [-0.15, -0.1) is 0 Å². The van der Waals surface area contributed by atoms with E-state index >= 15 is 0 Å². The molecular formula is C12H16O7. The minimum atomic E-state index is -1.91. The highest BCUT2D eigenvalue weighted by Gasteiger charge is 2.48. The van der Waals surface area contributed by atoms with Crippen molar-refractivity contribution in [3.8, 4) is 0 Å². The summed E-state index contributed by atoms with van der Waals surface area (Å²) in [6.45, 7) is -1.18. The van der Waals surface area contributed by atoms with Crippen LogP contribution < -0.4 is 0 Å². The molecule has 1 unspecified atom stereocenters. The van der Waals surface area contributed by atoms with Gasteiger partial charge in [0.1, 0.15) is 12.4 Å². The van der Waals surface area contributed by atoms with Crippen molar-refractivity contribution in [3.05, 3.63) is 24.2 Å². The third kappa shape index (κ3) is 3.55. The van der Waals surface area contributed by atoms with Crippen molar-refractivity contribution in [1.82, 2.24) is 0 Å². The quantitative estimate of drug-likeness (QED) is 0.443. The molecule has 7 heteroatoms. The highest BCUT2D eigenvalue weighted by atomic mass is 16.5. The van der Waals surface area contributed by atoms with Gasteiger partial charge in [0.25, 0.3) is 0 Å². The molecule has 3 N–H and O–H groups in total. The standard InChI is InChI=1S/C12H16O7/c13-4-3-12(10(15)16,11(17)19-7-5-14)8-9-2-1-6-18-9/h1-2,6,13-14H,3-5,7-8H2,(H,15,16). The number of rotatable bonds is 8. The average molecular weight is 272 g/mol. The number of aliphatic carboxylic acids is 1. The Balaban J connectivity index is 2.99. The van der Waals surface area contributed by atoms with Crippen LogP contribution in [0.1, 0.15) is 12.2 Å². The number of furan rings is 1. The molecule has 106 valence electrons. The average Bonchev–Trinajstić information content (AvgIpc) is 2.87. The number of esters is 1. The van der Waals surface area contributed by atoms with Gasteiger partial charge in [-0.1, -0.05) is 0 Å². The molecule has 0 radical (unpaired) electrons. The molecule has 1 atom stereocenters. The number of carboxylic acid groups (broad SMARTS) is 1. The summed E-state index contributed by atoms with van der Waals surface area (Å²) >= 11 is 0. The van der Waals surface area contributed by atoms with Crippen LogP contribution in [0.15, 0.2) is 22.8 Å². The van der Waals surface area contributed by atoms with Gasteiger partial charge >= 0.3 is 11.9 Å². The van der Waals surface area contributed by atoms with E-state index in [0.29, 0.717) is 5.76 Å². The lowest BCUT2D eigenvalue weighted by Crippen LogP contribution is -2.43.